The summed E-state index contributed by atoms with van der Waals surface area (Å²) in [5.74, 6) is 0.268. The van der Waals surface area contributed by atoms with Crippen LogP contribution in [0.3, 0.4) is 0 Å². The Bertz CT molecular complexity index is 173. The molecule has 0 aromatic heterocycles. The van der Waals surface area contributed by atoms with Gasteiger partial charge in [-0.1, -0.05) is 0 Å². The molecule has 0 radical (unpaired) electrons. The van der Waals surface area contributed by atoms with Gasteiger partial charge in [-0.2, -0.15) is 0 Å². The summed E-state index contributed by atoms with van der Waals surface area (Å²) in [5.41, 5.74) is -0.0295. The van der Waals surface area contributed by atoms with E-state index in [1.165, 1.54) is 0 Å². The number of piperidine rings is 1. The van der Waals surface area contributed by atoms with Gasteiger partial charge in [0.2, 0.25) is 5.91 Å². The second-order valence-corrected chi connectivity index (χ2v) is 3.57. The first-order valence-electron chi connectivity index (χ1n) is 4.33. The molecule has 1 spiro atoms. The summed E-state index contributed by atoms with van der Waals surface area (Å²) >= 11 is 0. The van der Waals surface area contributed by atoms with Crippen molar-refractivity contribution >= 4 is 5.91 Å². The number of rotatable bonds is 0. The van der Waals surface area contributed by atoms with Gasteiger partial charge in [-0.15, -0.1) is 0 Å². The predicted molar refractivity (Wildman–Crippen MR) is 42.2 cm³/mol. The molecule has 2 heterocycles. The maximum Gasteiger partial charge on any atom is 0.227 e. The van der Waals surface area contributed by atoms with Crippen molar-refractivity contribution in [1.29, 1.82) is 0 Å². The minimum atomic E-state index is -0.0295. The van der Waals surface area contributed by atoms with Gasteiger partial charge >= 0.3 is 0 Å². The minimum absolute atomic E-state index is 0.0295. The monoisotopic (exact) mass is 154 g/mol. The van der Waals surface area contributed by atoms with Crippen molar-refractivity contribution in [3.63, 3.8) is 0 Å². The van der Waals surface area contributed by atoms with Crippen LogP contribution in [0.4, 0.5) is 0 Å². The average molecular weight is 154 g/mol. The maximum atomic E-state index is 11.4. The highest BCUT2D eigenvalue weighted by Gasteiger charge is 2.42. The molecule has 1 amide bonds. The second kappa shape index (κ2) is 2.48. The van der Waals surface area contributed by atoms with Crippen LogP contribution < -0.4 is 10.6 Å². The zero-order valence-electron chi connectivity index (χ0n) is 6.65. The van der Waals surface area contributed by atoms with Gasteiger partial charge in [-0.25, -0.2) is 0 Å². The van der Waals surface area contributed by atoms with Crippen molar-refractivity contribution in [3.8, 4) is 0 Å². The summed E-state index contributed by atoms with van der Waals surface area (Å²) in [6, 6.07) is 0. The normalized spacial score (nSPS) is 37.6. The van der Waals surface area contributed by atoms with Crippen LogP contribution in [0.2, 0.25) is 0 Å². The number of hydrogen-bond donors (Lipinski definition) is 2. The van der Waals surface area contributed by atoms with Crippen molar-refractivity contribution < 1.29 is 4.79 Å². The molecular formula is C8H14N2O. The lowest BCUT2D eigenvalue weighted by atomic mass is 9.79. The van der Waals surface area contributed by atoms with E-state index in [0.717, 1.165) is 38.9 Å². The zero-order chi connectivity index (χ0) is 7.73. The van der Waals surface area contributed by atoms with Crippen LogP contribution in [-0.2, 0) is 4.79 Å². The van der Waals surface area contributed by atoms with E-state index >= 15 is 0 Å². The van der Waals surface area contributed by atoms with Crippen LogP contribution in [-0.4, -0.2) is 25.5 Å². The van der Waals surface area contributed by atoms with Crippen LogP contribution in [0.5, 0.6) is 0 Å². The molecule has 0 aromatic rings. The summed E-state index contributed by atoms with van der Waals surface area (Å²) in [5, 5.41) is 6.19. The Morgan fingerprint density at radius 3 is 2.73 bits per heavy atom. The molecule has 1 atom stereocenters. The van der Waals surface area contributed by atoms with Gasteiger partial charge in [0.25, 0.3) is 0 Å². The Hall–Kier alpha value is -0.570. The van der Waals surface area contributed by atoms with Crippen molar-refractivity contribution in [2.75, 3.05) is 19.6 Å². The fourth-order valence-corrected chi connectivity index (χ4v) is 2.09. The molecule has 0 saturated carbocycles. The summed E-state index contributed by atoms with van der Waals surface area (Å²) in [4.78, 5) is 11.4. The van der Waals surface area contributed by atoms with E-state index in [4.69, 9.17) is 0 Å². The summed E-state index contributed by atoms with van der Waals surface area (Å²) in [6.07, 6.45) is 3.25. The molecule has 2 fully saturated rings. The first-order chi connectivity index (χ1) is 5.33. The molecule has 3 heteroatoms. The van der Waals surface area contributed by atoms with E-state index in [0.29, 0.717) is 0 Å². The molecule has 2 aliphatic heterocycles. The fraction of sp³-hybridized carbons (Fsp3) is 0.875. The Kier molecular flexibility index (Phi) is 1.60. The fourth-order valence-electron chi connectivity index (χ4n) is 2.09. The van der Waals surface area contributed by atoms with Crippen molar-refractivity contribution in [1.82, 2.24) is 10.6 Å². The van der Waals surface area contributed by atoms with Crippen molar-refractivity contribution in [2.24, 2.45) is 5.41 Å². The smallest absolute Gasteiger partial charge is 0.227 e. The molecule has 2 aliphatic rings. The van der Waals surface area contributed by atoms with Crippen LogP contribution >= 0.6 is 0 Å². The standard InChI is InChI=1S/C8H14N2O/c11-7-8(3-5-10-7)2-1-4-9-6-8/h9H,1-6H2,(H,10,11)/t8-/m0/s1. The first kappa shape index (κ1) is 7.10. The highest BCUT2D eigenvalue weighted by Crippen LogP contribution is 2.33. The van der Waals surface area contributed by atoms with Crippen molar-refractivity contribution in [2.45, 2.75) is 19.3 Å². The van der Waals surface area contributed by atoms with Crippen LogP contribution in [0.25, 0.3) is 0 Å². The Morgan fingerprint density at radius 1 is 1.27 bits per heavy atom. The predicted octanol–water partition coefficient (Wildman–Crippen LogP) is -0.124. The Balaban J connectivity index is 2.12. The number of nitrogens with one attached hydrogen (secondary N) is 2. The van der Waals surface area contributed by atoms with Gasteiger partial charge in [0.05, 0.1) is 5.41 Å². The topological polar surface area (TPSA) is 41.1 Å². The summed E-state index contributed by atoms with van der Waals surface area (Å²) in [6.45, 7) is 2.84. The van der Waals surface area contributed by atoms with E-state index in [1.54, 1.807) is 0 Å². The van der Waals surface area contributed by atoms with E-state index in [9.17, 15) is 4.79 Å². The molecule has 2 saturated heterocycles. The van der Waals surface area contributed by atoms with E-state index in [-0.39, 0.29) is 11.3 Å². The van der Waals surface area contributed by atoms with Crippen molar-refractivity contribution in [3.05, 3.63) is 0 Å². The van der Waals surface area contributed by atoms with Gasteiger partial charge in [0.1, 0.15) is 0 Å². The second-order valence-electron chi connectivity index (χ2n) is 3.57. The largest absolute Gasteiger partial charge is 0.356 e. The first-order valence-corrected chi connectivity index (χ1v) is 4.33. The molecule has 2 N–H and O–H groups in total. The third-order valence-corrected chi connectivity index (χ3v) is 2.84. The molecule has 62 valence electrons. The maximum absolute atomic E-state index is 11.4. The summed E-state index contributed by atoms with van der Waals surface area (Å²) < 4.78 is 0. The molecule has 0 aromatic carbocycles. The Morgan fingerprint density at radius 2 is 2.18 bits per heavy atom. The molecule has 0 aliphatic carbocycles. The molecule has 3 nitrogen and oxygen atoms in total. The quantitative estimate of drug-likeness (QED) is 0.510. The average Bonchev–Trinajstić information content (AvgIpc) is 2.36. The van der Waals surface area contributed by atoms with E-state index in [1.807, 2.05) is 0 Å². The lowest BCUT2D eigenvalue weighted by Gasteiger charge is -2.30. The summed E-state index contributed by atoms with van der Waals surface area (Å²) in [7, 11) is 0. The van der Waals surface area contributed by atoms with E-state index < -0.39 is 0 Å². The molecule has 2 rings (SSSR count). The van der Waals surface area contributed by atoms with Gasteiger partial charge in [0.15, 0.2) is 0 Å². The van der Waals surface area contributed by atoms with Crippen LogP contribution in [0, 0.1) is 5.41 Å². The number of amides is 1. The molecule has 0 bridgehead atoms. The van der Waals surface area contributed by atoms with Gasteiger partial charge < -0.3 is 10.6 Å². The molecule has 11 heavy (non-hydrogen) atoms. The van der Waals surface area contributed by atoms with Gasteiger partial charge in [-0.3, -0.25) is 4.79 Å². The number of hydrogen-bond acceptors (Lipinski definition) is 2. The Labute approximate surface area is 66.5 Å². The van der Waals surface area contributed by atoms with Crippen LogP contribution in [0.1, 0.15) is 19.3 Å². The lowest BCUT2D eigenvalue weighted by Crippen LogP contribution is -2.44. The van der Waals surface area contributed by atoms with Gasteiger partial charge in [0, 0.05) is 13.1 Å². The third kappa shape index (κ3) is 1.03. The number of carbonyl (C=O) groups is 1. The highest BCUT2D eigenvalue weighted by atomic mass is 16.2. The van der Waals surface area contributed by atoms with E-state index in [2.05, 4.69) is 10.6 Å². The SMILES string of the molecule is O=C1NCC[C@]12CCCNC2. The minimum Gasteiger partial charge on any atom is -0.356 e. The van der Waals surface area contributed by atoms with Gasteiger partial charge in [-0.05, 0) is 25.8 Å². The third-order valence-electron chi connectivity index (χ3n) is 2.84. The zero-order valence-corrected chi connectivity index (χ0v) is 6.65. The molecule has 0 unspecified atom stereocenters. The highest BCUT2D eigenvalue weighted by molar-refractivity contribution is 5.85. The molecular weight excluding hydrogens is 140 g/mol. The van der Waals surface area contributed by atoms with Crippen LogP contribution in [0.15, 0.2) is 0 Å². The lowest BCUT2D eigenvalue weighted by molar-refractivity contribution is -0.128. The number of carbonyl (C=O) groups excluding carboxylic acids is 1.